The first-order valence-corrected chi connectivity index (χ1v) is 11.9. The van der Waals surface area contributed by atoms with E-state index in [4.69, 9.17) is 21.1 Å². The molecule has 0 radical (unpaired) electrons. The molecule has 1 aliphatic rings. The number of carbonyl (C=O) groups is 1. The molecule has 3 aromatic rings. The van der Waals surface area contributed by atoms with Gasteiger partial charge in [0, 0.05) is 25.1 Å². The van der Waals surface area contributed by atoms with Crippen molar-refractivity contribution in [2.24, 2.45) is 11.8 Å². The van der Waals surface area contributed by atoms with Gasteiger partial charge in [-0.2, -0.15) is 0 Å². The zero-order chi connectivity index (χ0) is 24.1. The highest BCUT2D eigenvalue weighted by atomic mass is 35.5. The van der Waals surface area contributed by atoms with Crippen molar-refractivity contribution < 1.29 is 14.3 Å². The van der Waals surface area contributed by atoms with Crippen LogP contribution in [0.4, 0.5) is 0 Å². The number of hydrogen-bond acceptors (Lipinski definition) is 6. The summed E-state index contributed by atoms with van der Waals surface area (Å²) >= 11 is 6.57. The van der Waals surface area contributed by atoms with Crippen molar-refractivity contribution in [1.82, 2.24) is 20.3 Å². The second kappa shape index (κ2) is 10.8. The Morgan fingerprint density at radius 3 is 2.74 bits per heavy atom. The quantitative estimate of drug-likeness (QED) is 0.473. The van der Waals surface area contributed by atoms with Crippen LogP contribution >= 0.6 is 11.6 Å². The first kappa shape index (κ1) is 24.0. The third-order valence-corrected chi connectivity index (χ3v) is 6.19. The number of ether oxygens (including phenoxy) is 2. The van der Waals surface area contributed by atoms with Crippen molar-refractivity contribution >= 4 is 17.5 Å². The fraction of sp³-hybridized carbons (Fsp3) is 0.385. The summed E-state index contributed by atoms with van der Waals surface area (Å²) in [7, 11) is 0. The van der Waals surface area contributed by atoms with Crippen LogP contribution in [0.5, 0.6) is 11.5 Å². The predicted octanol–water partition coefficient (Wildman–Crippen LogP) is 4.79. The number of carbonyl (C=O) groups excluding carboxylic acids is 1. The second-order valence-electron chi connectivity index (χ2n) is 8.87. The highest BCUT2D eigenvalue weighted by Crippen LogP contribution is 2.32. The molecule has 2 aromatic heterocycles. The first-order valence-electron chi connectivity index (χ1n) is 11.5. The number of fused-ring (bicyclic) bond motifs is 1. The van der Waals surface area contributed by atoms with Gasteiger partial charge in [-0.15, -0.1) is 0 Å². The smallest absolute Gasteiger partial charge is 0.231 e. The summed E-state index contributed by atoms with van der Waals surface area (Å²) in [4.78, 5) is 26.7. The number of hydrogen-bond donors (Lipinski definition) is 1. The Labute approximate surface area is 204 Å². The molecule has 1 aliphatic heterocycles. The van der Waals surface area contributed by atoms with Gasteiger partial charge in [-0.3, -0.25) is 9.78 Å². The molecule has 1 aromatic carbocycles. The Balaban J connectivity index is 1.45. The lowest BCUT2D eigenvalue weighted by Gasteiger charge is -2.20. The second-order valence-corrected chi connectivity index (χ2v) is 9.25. The predicted molar refractivity (Wildman–Crippen MR) is 131 cm³/mol. The van der Waals surface area contributed by atoms with Crippen molar-refractivity contribution in [3.8, 4) is 23.0 Å². The highest BCUT2D eigenvalue weighted by Gasteiger charge is 2.24. The van der Waals surface area contributed by atoms with Crippen molar-refractivity contribution in [1.29, 1.82) is 0 Å². The maximum Gasteiger partial charge on any atom is 0.231 e. The number of amides is 1. The normalized spacial score (nSPS) is 13.2. The van der Waals surface area contributed by atoms with Gasteiger partial charge in [0.1, 0.15) is 5.69 Å². The molecular weight excluding hydrogens is 452 g/mol. The standard InChI is InChI=1S/C26H29ClN4O3/c1-16(2)12-19(26(32)29-11-9-18-7-8-22-23(13-18)34-15-33-22)14-21-24(27)17(3)30-25(31-21)20-6-4-5-10-28-20/h4-8,10,13,16,19H,9,11-12,14-15H2,1-3H3,(H,29,32). The van der Waals surface area contributed by atoms with Crippen molar-refractivity contribution in [2.45, 2.75) is 40.0 Å². The lowest BCUT2D eigenvalue weighted by Crippen LogP contribution is -2.34. The molecule has 0 bridgehead atoms. The Bertz CT molecular complexity index is 1150. The van der Waals surface area contributed by atoms with Crippen LogP contribution in [-0.4, -0.2) is 34.2 Å². The minimum Gasteiger partial charge on any atom is -0.454 e. The number of benzene rings is 1. The van der Waals surface area contributed by atoms with Crippen LogP contribution in [0.25, 0.3) is 11.5 Å². The number of rotatable bonds is 9. The van der Waals surface area contributed by atoms with Crippen LogP contribution in [0.15, 0.2) is 42.6 Å². The number of pyridine rings is 1. The molecule has 0 saturated carbocycles. The van der Waals surface area contributed by atoms with E-state index < -0.39 is 0 Å². The molecule has 4 rings (SSSR count). The first-order chi connectivity index (χ1) is 16.4. The molecule has 178 valence electrons. The van der Waals surface area contributed by atoms with Crippen molar-refractivity contribution in [2.75, 3.05) is 13.3 Å². The summed E-state index contributed by atoms with van der Waals surface area (Å²) in [6.45, 7) is 6.85. The third-order valence-electron chi connectivity index (χ3n) is 5.70. The van der Waals surface area contributed by atoms with Crippen LogP contribution in [0.2, 0.25) is 5.02 Å². The molecule has 34 heavy (non-hydrogen) atoms. The van der Waals surface area contributed by atoms with Crippen LogP contribution in [-0.2, 0) is 17.6 Å². The number of aryl methyl sites for hydroxylation is 1. The largest absolute Gasteiger partial charge is 0.454 e. The molecule has 0 aliphatic carbocycles. The topological polar surface area (TPSA) is 86.2 Å². The molecular formula is C26H29ClN4O3. The molecule has 1 N–H and O–H groups in total. The van der Waals surface area contributed by atoms with E-state index in [9.17, 15) is 4.79 Å². The number of halogens is 1. The monoisotopic (exact) mass is 480 g/mol. The summed E-state index contributed by atoms with van der Waals surface area (Å²) in [5.74, 6) is 2.12. The number of nitrogens with one attached hydrogen (secondary N) is 1. The average molecular weight is 481 g/mol. The Kier molecular flexibility index (Phi) is 7.63. The molecule has 7 nitrogen and oxygen atoms in total. The average Bonchev–Trinajstić information content (AvgIpc) is 3.29. The fourth-order valence-corrected chi connectivity index (χ4v) is 4.18. The lowest BCUT2D eigenvalue weighted by atomic mass is 9.91. The van der Waals surface area contributed by atoms with E-state index in [1.807, 2.05) is 43.3 Å². The van der Waals surface area contributed by atoms with Crippen molar-refractivity contribution in [3.05, 3.63) is 64.6 Å². The van der Waals surface area contributed by atoms with Gasteiger partial charge >= 0.3 is 0 Å². The van der Waals surface area contributed by atoms with Gasteiger partial charge in [0.25, 0.3) is 0 Å². The molecule has 3 heterocycles. The molecule has 1 amide bonds. The van der Waals surface area contributed by atoms with E-state index in [0.29, 0.717) is 53.2 Å². The van der Waals surface area contributed by atoms with Gasteiger partial charge in [0.15, 0.2) is 17.3 Å². The Morgan fingerprint density at radius 2 is 1.97 bits per heavy atom. The zero-order valence-electron chi connectivity index (χ0n) is 19.7. The SMILES string of the molecule is Cc1nc(-c2ccccn2)nc(CC(CC(C)C)C(=O)NCCc2ccc3c(c2)OCO3)c1Cl. The fourth-order valence-electron chi connectivity index (χ4n) is 4.02. The summed E-state index contributed by atoms with van der Waals surface area (Å²) in [5, 5.41) is 3.60. The summed E-state index contributed by atoms with van der Waals surface area (Å²) in [6.07, 6.45) is 3.58. The molecule has 8 heteroatoms. The Morgan fingerprint density at radius 1 is 1.15 bits per heavy atom. The van der Waals surface area contributed by atoms with E-state index in [1.54, 1.807) is 6.20 Å². The van der Waals surface area contributed by atoms with E-state index in [2.05, 4.69) is 34.1 Å². The summed E-state index contributed by atoms with van der Waals surface area (Å²) in [5.41, 5.74) is 3.11. The highest BCUT2D eigenvalue weighted by molar-refractivity contribution is 6.31. The maximum atomic E-state index is 13.2. The third kappa shape index (κ3) is 5.83. The molecule has 0 fully saturated rings. The van der Waals surface area contributed by atoms with Crippen molar-refractivity contribution in [3.63, 3.8) is 0 Å². The van der Waals surface area contributed by atoms with E-state index >= 15 is 0 Å². The lowest BCUT2D eigenvalue weighted by molar-refractivity contribution is -0.125. The summed E-state index contributed by atoms with van der Waals surface area (Å²) < 4.78 is 10.8. The van der Waals surface area contributed by atoms with E-state index in [-0.39, 0.29) is 18.6 Å². The van der Waals surface area contributed by atoms with Gasteiger partial charge in [0.2, 0.25) is 12.7 Å². The van der Waals surface area contributed by atoms with Gasteiger partial charge < -0.3 is 14.8 Å². The van der Waals surface area contributed by atoms with Gasteiger partial charge in [-0.1, -0.05) is 37.6 Å². The van der Waals surface area contributed by atoms with E-state index in [1.165, 1.54) is 0 Å². The zero-order valence-corrected chi connectivity index (χ0v) is 20.4. The Hall–Kier alpha value is -3.19. The van der Waals surface area contributed by atoms with Gasteiger partial charge in [-0.05, 0) is 55.5 Å². The molecule has 0 spiro atoms. The van der Waals surface area contributed by atoms with Gasteiger partial charge in [-0.25, -0.2) is 9.97 Å². The molecule has 1 atom stereocenters. The number of nitrogens with zero attached hydrogens (tertiary/aromatic N) is 3. The minimum atomic E-state index is -0.250. The minimum absolute atomic E-state index is 0.00108. The maximum absolute atomic E-state index is 13.2. The molecule has 1 unspecified atom stereocenters. The van der Waals surface area contributed by atoms with Gasteiger partial charge in [0.05, 0.1) is 16.4 Å². The van der Waals surface area contributed by atoms with Crippen LogP contribution in [0.3, 0.4) is 0 Å². The van der Waals surface area contributed by atoms with Crippen LogP contribution < -0.4 is 14.8 Å². The van der Waals surface area contributed by atoms with Crippen LogP contribution in [0, 0.1) is 18.8 Å². The van der Waals surface area contributed by atoms with E-state index in [0.717, 1.165) is 23.5 Å². The number of aromatic nitrogens is 3. The molecule has 0 saturated heterocycles. The summed E-state index contributed by atoms with van der Waals surface area (Å²) in [6, 6.07) is 11.5. The van der Waals surface area contributed by atoms with Crippen LogP contribution in [0.1, 0.15) is 37.2 Å².